The molecule has 26 heteroatoms. The first-order chi connectivity index (χ1) is 43.0. The number of anilines is 6. The van der Waals surface area contributed by atoms with E-state index in [4.69, 9.17) is 83.4 Å². The van der Waals surface area contributed by atoms with E-state index in [1.54, 1.807) is 45.4 Å². The average Bonchev–Trinajstić information content (AvgIpc) is 1.64. The number of ether oxygens (including phenoxy) is 5. The van der Waals surface area contributed by atoms with Crippen molar-refractivity contribution in [3.8, 4) is 17.2 Å². The van der Waals surface area contributed by atoms with E-state index in [9.17, 15) is 9.59 Å². The summed E-state index contributed by atoms with van der Waals surface area (Å²) in [4.78, 5) is 73.1. The lowest BCUT2D eigenvalue weighted by atomic mass is 9.82. The third-order valence-electron chi connectivity index (χ3n) is 19.3. The molecule has 4 aliphatic heterocycles. The van der Waals surface area contributed by atoms with Crippen LogP contribution in [0.2, 0.25) is 15.1 Å². The van der Waals surface area contributed by atoms with E-state index in [0.29, 0.717) is 155 Å². The van der Waals surface area contributed by atoms with Gasteiger partial charge in [-0.1, -0.05) is 41.2 Å². The highest BCUT2D eigenvalue weighted by atomic mass is 35.5. The molecule has 4 atom stereocenters. The molecule has 0 radical (unpaired) electrons. The van der Waals surface area contributed by atoms with Crippen molar-refractivity contribution in [1.82, 2.24) is 57.3 Å². The molecule has 9 aromatic rings. The molecule has 7 aliphatic rings. The molecule has 88 heavy (non-hydrogen) atoms. The Kier molecular flexibility index (Phi) is 14.2. The summed E-state index contributed by atoms with van der Waals surface area (Å²) in [6, 6.07) is 10.9. The van der Waals surface area contributed by atoms with Gasteiger partial charge in [-0.3, -0.25) is 27.4 Å². The number of aryl methyl sites for hydroxylation is 1. The van der Waals surface area contributed by atoms with E-state index in [0.717, 1.165) is 85.3 Å². The third-order valence-corrected chi connectivity index (χ3v) is 20.2. The maximum atomic E-state index is 15.2. The van der Waals surface area contributed by atoms with Crippen LogP contribution in [-0.2, 0) is 42.3 Å². The number of hydrogen-bond acceptors (Lipinski definition) is 17. The minimum atomic E-state index is -0.176. The summed E-state index contributed by atoms with van der Waals surface area (Å²) in [5, 5.41) is 11.4. The van der Waals surface area contributed by atoms with Crippen LogP contribution in [0.3, 0.4) is 0 Å². The Labute approximate surface area is 518 Å². The first-order valence-electron chi connectivity index (χ1n) is 30.7. The average molecular weight is 1250 g/mol. The van der Waals surface area contributed by atoms with Crippen LogP contribution in [0.15, 0.2) is 69.4 Å². The second kappa shape index (κ2) is 22.4. The zero-order chi connectivity index (χ0) is 59.5. The van der Waals surface area contributed by atoms with Gasteiger partial charge in [-0.2, -0.15) is 15.0 Å². The van der Waals surface area contributed by atoms with Crippen LogP contribution in [0.25, 0.3) is 33.5 Å². The summed E-state index contributed by atoms with van der Waals surface area (Å²) in [5.41, 5.74) is 8.34. The van der Waals surface area contributed by atoms with E-state index in [-0.39, 0.29) is 72.3 Å². The molecule has 23 nitrogen and oxygen atoms in total. The van der Waals surface area contributed by atoms with Gasteiger partial charge in [0.15, 0.2) is 16.9 Å². The van der Waals surface area contributed by atoms with E-state index < -0.39 is 0 Å². The monoisotopic (exact) mass is 1250 g/mol. The third kappa shape index (κ3) is 9.91. The molecule has 0 bridgehead atoms. The SMILES string of the molecule is Cn1c(=O)n(C2CCC(OCCn3c(=O)n(C4CCCC(C5CC5n5c(=O)n(C6CCOCC6)c6nc(Nc7cc8c(cc7Cl)OCC8)ncc65)C4)c4nc(Nc5cc6c(cc5Cl)OCC6)ncc43)CC2)c2nc(Nc3cc4c(cc3Cl)OCC4)ncc21. The number of benzene rings is 3. The van der Waals surface area contributed by atoms with Crippen molar-refractivity contribution < 1.29 is 23.7 Å². The lowest BCUT2D eigenvalue weighted by Crippen LogP contribution is -2.33. The van der Waals surface area contributed by atoms with Gasteiger partial charge < -0.3 is 39.6 Å². The zero-order valence-corrected chi connectivity index (χ0v) is 50.6. The van der Waals surface area contributed by atoms with Crippen LogP contribution in [0.4, 0.5) is 34.9 Å². The molecule has 3 aromatic carbocycles. The Morgan fingerprint density at radius 3 is 1.61 bits per heavy atom. The Bertz CT molecular complexity index is 4470. The van der Waals surface area contributed by atoms with Crippen LogP contribution >= 0.6 is 34.8 Å². The molecule has 0 spiro atoms. The fourth-order valence-corrected chi connectivity index (χ4v) is 15.3. The number of nitrogens with zero attached hydrogens (tertiary/aromatic N) is 12. The summed E-state index contributed by atoms with van der Waals surface area (Å²) >= 11 is 20.2. The van der Waals surface area contributed by atoms with Crippen molar-refractivity contribution in [3.63, 3.8) is 0 Å². The number of halogens is 3. The molecule has 6 aromatic heterocycles. The molecule has 10 heterocycles. The standard InChI is InChI=1S/C62H64Cl3N15O8/c1-75-48-29-66-57(69-44-22-33-9-17-86-51(33)26-41(44)63)72-54(48)77(60(75)81)36-5-7-39(8-6-36)85-20-14-76-49-30-67-58(70-45-23-34-10-18-87-52(34)27-42(45)64)73-55(49)79(61(76)82)38-4-2-3-32(21-38)40-25-47(40)80-50-31-68-59(71-46-24-35-11-19-88-53(35)28-43(46)65)74-56(50)78(62(80)83)37-12-15-84-16-13-37/h22-24,26-32,36-40,47H,2-21,25H2,1H3,(H,66,69,72)(H,67,70,73)(H,68,71,74). The summed E-state index contributed by atoms with van der Waals surface area (Å²) < 4.78 is 40.4. The normalized spacial score (nSPS) is 22.4. The van der Waals surface area contributed by atoms with Gasteiger partial charge >= 0.3 is 17.1 Å². The number of aromatic nitrogens is 12. The fourth-order valence-electron chi connectivity index (χ4n) is 14.7. The smallest absolute Gasteiger partial charge is 0.330 e. The van der Waals surface area contributed by atoms with Crippen LogP contribution < -0.4 is 47.2 Å². The zero-order valence-electron chi connectivity index (χ0n) is 48.4. The highest BCUT2D eigenvalue weighted by molar-refractivity contribution is 6.34. The maximum absolute atomic E-state index is 15.2. The van der Waals surface area contributed by atoms with Gasteiger partial charge in [-0.15, -0.1) is 0 Å². The lowest BCUT2D eigenvalue weighted by Gasteiger charge is -2.30. The van der Waals surface area contributed by atoms with Gasteiger partial charge in [0.2, 0.25) is 17.8 Å². The highest BCUT2D eigenvalue weighted by Gasteiger charge is 2.48. The molecule has 0 amide bonds. The summed E-state index contributed by atoms with van der Waals surface area (Å²) in [6.45, 7) is 3.49. The molecule has 4 unspecified atom stereocenters. The molecule has 4 fully saturated rings. The number of imidazole rings is 3. The van der Waals surface area contributed by atoms with E-state index in [2.05, 4.69) is 20.9 Å². The predicted octanol–water partition coefficient (Wildman–Crippen LogP) is 10.5. The van der Waals surface area contributed by atoms with Crippen LogP contribution in [0, 0.1) is 11.8 Å². The van der Waals surface area contributed by atoms with Gasteiger partial charge in [0.05, 0.1) is 89.8 Å². The number of rotatable bonds is 15. The van der Waals surface area contributed by atoms with Crippen molar-refractivity contribution in [2.24, 2.45) is 18.9 Å². The topological polar surface area (TPSA) is 240 Å². The van der Waals surface area contributed by atoms with Crippen molar-refractivity contribution in [2.75, 3.05) is 55.6 Å². The fraction of sp³-hybridized carbons (Fsp3) is 0.468. The van der Waals surface area contributed by atoms with Gasteiger partial charge in [-0.25, -0.2) is 29.3 Å². The number of fused-ring (bicyclic) bond motifs is 6. The predicted molar refractivity (Wildman–Crippen MR) is 333 cm³/mol. The summed E-state index contributed by atoms with van der Waals surface area (Å²) in [6.07, 6.45) is 15.8. The van der Waals surface area contributed by atoms with Crippen molar-refractivity contribution in [3.05, 3.63) is 118 Å². The molecule has 3 N–H and O–H groups in total. The van der Waals surface area contributed by atoms with Crippen LogP contribution in [0.1, 0.15) is 111 Å². The quantitative estimate of drug-likeness (QED) is 0.0864. The first-order valence-corrected chi connectivity index (χ1v) is 31.9. The molecular weight excluding hydrogens is 1190 g/mol. The second-order valence-electron chi connectivity index (χ2n) is 24.4. The van der Waals surface area contributed by atoms with Crippen LogP contribution in [0.5, 0.6) is 17.2 Å². The minimum Gasteiger partial charge on any atom is -0.493 e. The van der Waals surface area contributed by atoms with Crippen molar-refractivity contribution in [1.29, 1.82) is 0 Å². The molecule has 16 rings (SSSR count). The van der Waals surface area contributed by atoms with Gasteiger partial charge in [-0.05, 0) is 111 Å². The largest absolute Gasteiger partial charge is 0.493 e. The molecule has 456 valence electrons. The van der Waals surface area contributed by atoms with Crippen molar-refractivity contribution >= 4 is 103 Å². The summed E-state index contributed by atoms with van der Waals surface area (Å²) in [7, 11) is 1.74. The minimum absolute atomic E-state index is 0.0617. The van der Waals surface area contributed by atoms with Gasteiger partial charge in [0.25, 0.3) is 0 Å². The van der Waals surface area contributed by atoms with E-state index in [1.165, 1.54) is 0 Å². The van der Waals surface area contributed by atoms with Crippen LogP contribution in [-0.4, -0.2) is 103 Å². The second-order valence-corrected chi connectivity index (χ2v) is 25.6. The number of hydrogen-bond donors (Lipinski definition) is 3. The molecule has 1 saturated heterocycles. The Balaban J connectivity index is 0.645. The van der Waals surface area contributed by atoms with Crippen molar-refractivity contribution in [2.45, 2.75) is 127 Å². The first kappa shape index (κ1) is 55.6. The maximum Gasteiger partial charge on any atom is 0.330 e. The van der Waals surface area contributed by atoms with E-state index in [1.807, 2.05) is 44.0 Å². The molecule has 3 aliphatic carbocycles. The Hall–Kier alpha value is -7.70. The Morgan fingerprint density at radius 1 is 0.534 bits per heavy atom. The van der Waals surface area contributed by atoms with E-state index >= 15 is 4.79 Å². The van der Waals surface area contributed by atoms with Gasteiger partial charge in [0.1, 0.15) is 33.8 Å². The molecular formula is C62H64Cl3N15O8. The lowest BCUT2D eigenvalue weighted by molar-refractivity contribution is 0.0154. The summed E-state index contributed by atoms with van der Waals surface area (Å²) in [5.74, 6) is 3.76. The number of nitrogens with one attached hydrogen (secondary N) is 3. The van der Waals surface area contributed by atoms with Gasteiger partial charge in [0, 0.05) is 81.9 Å². The Morgan fingerprint density at radius 2 is 1.03 bits per heavy atom. The molecule has 3 saturated carbocycles. The highest BCUT2D eigenvalue weighted by Crippen LogP contribution is 2.54.